The number of nitrogens with zero attached hydrogens (tertiary/aromatic N) is 1. The minimum Gasteiger partial charge on any atom is -0.460 e. The Balaban J connectivity index is 0.000000671. The third-order valence-corrected chi connectivity index (χ3v) is 1.35. The van der Waals surface area contributed by atoms with Gasteiger partial charge in [0.25, 0.3) is 0 Å². The van der Waals surface area contributed by atoms with Gasteiger partial charge >= 0.3 is 0 Å². The lowest BCUT2D eigenvalue weighted by atomic mass is 10.3. The van der Waals surface area contributed by atoms with Crippen molar-refractivity contribution in [2.75, 3.05) is 0 Å². The summed E-state index contributed by atoms with van der Waals surface area (Å²) in [5.41, 5.74) is 0.806. The molecular formula is C11H17NO. The average molecular weight is 179 g/mol. The Morgan fingerprint density at radius 3 is 2.54 bits per heavy atom. The summed E-state index contributed by atoms with van der Waals surface area (Å²) in [6, 6.07) is 1.86. The van der Waals surface area contributed by atoms with Gasteiger partial charge in [-0.1, -0.05) is 19.9 Å². The van der Waals surface area contributed by atoms with Gasteiger partial charge in [0.05, 0.1) is 0 Å². The highest BCUT2D eigenvalue weighted by Crippen LogP contribution is 2.24. The topological polar surface area (TPSA) is 25.5 Å². The van der Waals surface area contributed by atoms with E-state index in [1.165, 1.54) is 0 Å². The summed E-state index contributed by atoms with van der Waals surface area (Å²) in [6.07, 6.45) is 3.78. The number of allylic oxidation sites excluding steroid dienone is 1. The van der Waals surface area contributed by atoms with Gasteiger partial charge in [0.15, 0.2) is 5.76 Å². The van der Waals surface area contributed by atoms with Gasteiger partial charge in [0, 0.05) is 6.07 Å². The molecule has 0 spiro atoms. The van der Waals surface area contributed by atoms with Crippen molar-refractivity contribution in [3.05, 3.63) is 23.7 Å². The molecule has 0 atom stereocenters. The molecule has 1 aromatic heterocycles. The molecule has 0 aromatic carbocycles. The molecule has 1 aromatic rings. The Labute approximate surface area is 80.0 Å². The fraction of sp³-hybridized carbons (Fsp3) is 0.364. The first kappa shape index (κ1) is 11.7. The second-order valence-corrected chi connectivity index (χ2v) is 2.26. The van der Waals surface area contributed by atoms with Crippen LogP contribution in [0.25, 0.3) is 6.08 Å². The lowest BCUT2D eigenvalue weighted by molar-refractivity contribution is 0.525. The fourth-order valence-electron chi connectivity index (χ4n) is 0.913. The molecule has 0 radical (unpaired) electrons. The normalized spacial score (nSPS) is 9.54. The van der Waals surface area contributed by atoms with Crippen molar-refractivity contribution in [2.24, 2.45) is 4.99 Å². The van der Waals surface area contributed by atoms with Crippen molar-refractivity contribution in [1.29, 1.82) is 0 Å². The molecule has 0 saturated heterocycles. The van der Waals surface area contributed by atoms with Gasteiger partial charge in [-0.2, -0.15) is 0 Å². The standard InChI is InChI=1S/C9H11NO.C2H6/c1-4-5-9-8(10-3)6-7(2)11-9;1-2/h4-6H,3H2,1-2H3;1-2H3/b5-4-;. The van der Waals surface area contributed by atoms with Crippen LogP contribution in [0.3, 0.4) is 0 Å². The van der Waals surface area contributed by atoms with Gasteiger partial charge in [-0.05, 0) is 26.6 Å². The van der Waals surface area contributed by atoms with Crippen molar-refractivity contribution in [1.82, 2.24) is 0 Å². The molecule has 13 heavy (non-hydrogen) atoms. The van der Waals surface area contributed by atoms with Gasteiger partial charge in [0.2, 0.25) is 0 Å². The van der Waals surface area contributed by atoms with E-state index in [9.17, 15) is 0 Å². The van der Waals surface area contributed by atoms with Gasteiger partial charge in [0.1, 0.15) is 11.4 Å². The monoisotopic (exact) mass is 179 g/mol. The zero-order chi connectivity index (χ0) is 10.3. The third kappa shape index (κ3) is 3.28. The summed E-state index contributed by atoms with van der Waals surface area (Å²) in [6.45, 7) is 11.3. The maximum absolute atomic E-state index is 5.33. The van der Waals surface area contributed by atoms with Crippen LogP contribution in [-0.2, 0) is 0 Å². The molecule has 2 heteroatoms. The first-order valence-electron chi connectivity index (χ1n) is 4.47. The van der Waals surface area contributed by atoms with E-state index in [4.69, 9.17) is 4.42 Å². The molecule has 0 unspecified atom stereocenters. The predicted octanol–water partition coefficient (Wildman–Crippen LogP) is 3.98. The molecule has 0 aliphatic rings. The fourth-order valence-corrected chi connectivity index (χ4v) is 0.913. The first-order chi connectivity index (χ1) is 6.27. The van der Waals surface area contributed by atoms with Crippen LogP contribution in [-0.4, -0.2) is 6.72 Å². The first-order valence-corrected chi connectivity index (χ1v) is 4.47. The van der Waals surface area contributed by atoms with Crippen molar-refractivity contribution in [3.63, 3.8) is 0 Å². The molecule has 1 heterocycles. The molecule has 0 amide bonds. The van der Waals surface area contributed by atoms with E-state index < -0.39 is 0 Å². The molecule has 72 valence electrons. The highest BCUT2D eigenvalue weighted by Gasteiger charge is 2.02. The van der Waals surface area contributed by atoms with E-state index in [1.54, 1.807) is 0 Å². The number of aryl methyl sites for hydroxylation is 1. The van der Waals surface area contributed by atoms with Crippen molar-refractivity contribution in [2.45, 2.75) is 27.7 Å². The third-order valence-electron chi connectivity index (χ3n) is 1.35. The minimum atomic E-state index is 0.778. The number of furan rings is 1. The van der Waals surface area contributed by atoms with Crippen LogP contribution in [0.4, 0.5) is 5.69 Å². The van der Waals surface area contributed by atoms with Crippen LogP contribution < -0.4 is 0 Å². The zero-order valence-corrected chi connectivity index (χ0v) is 8.79. The maximum Gasteiger partial charge on any atom is 0.152 e. The largest absolute Gasteiger partial charge is 0.460 e. The van der Waals surface area contributed by atoms with Crippen molar-refractivity contribution >= 4 is 18.5 Å². The molecule has 0 N–H and O–H groups in total. The van der Waals surface area contributed by atoms with Gasteiger partial charge in [-0.25, -0.2) is 0 Å². The van der Waals surface area contributed by atoms with Crippen molar-refractivity contribution < 1.29 is 4.42 Å². The van der Waals surface area contributed by atoms with E-state index >= 15 is 0 Å². The van der Waals surface area contributed by atoms with Gasteiger partial charge < -0.3 is 4.42 Å². The predicted molar refractivity (Wildman–Crippen MR) is 58.7 cm³/mol. The second kappa shape index (κ2) is 6.23. The molecular weight excluding hydrogens is 162 g/mol. The van der Waals surface area contributed by atoms with Crippen LogP contribution in [0.15, 0.2) is 21.6 Å². The lowest BCUT2D eigenvalue weighted by Crippen LogP contribution is -1.61. The van der Waals surface area contributed by atoms with E-state index in [1.807, 2.05) is 45.9 Å². The summed E-state index contributed by atoms with van der Waals surface area (Å²) in [5, 5.41) is 0. The molecule has 0 saturated carbocycles. The lowest BCUT2D eigenvalue weighted by Gasteiger charge is -1.85. The molecule has 0 aliphatic heterocycles. The smallest absolute Gasteiger partial charge is 0.152 e. The van der Waals surface area contributed by atoms with E-state index in [2.05, 4.69) is 11.7 Å². The quantitative estimate of drug-likeness (QED) is 0.630. The van der Waals surface area contributed by atoms with Gasteiger partial charge in [-0.3, -0.25) is 4.99 Å². The van der Waals surface area contributed by atoms with Crippen LogP contribution in [0.1, 0.15) is 32.3 Å². The number of aliphatic imine (C=N–C) groups is 1. The number of rotatable bonds is 2. The molecule has 0 fully saturated rings. The SMILES string of the molecule is C=Nc1cc(C)oc1/C=C\C.CC. The summed E-state index contributed by atoms with van der Waals surface area (Å²) in [4.78, 5) is 3.81. The number of hydrogen-bond acceptors (Lipinski definition) is 2. The van der Waals surface area contributed by atoms with E-state index in [0.29, 0.717) is 0 Å². The Bertz CT molecular complexity index is 284. The van der Waals surface area contributed by atoms with Crippen molar-refractivity contribution in [3.8, 4) is 0 Å². The Morgan fingerprint density at radius 2 is 2.08 bits per heavy atom. The summed E-state index contributed by atoms with van der Waals surface area (Å²) in [5.74, 6) is 1.64. The Morgan fingerprint density at radius 1 is 1.46 bits per heavy atom. The van der Waals surface area contributed by atoms with E-state index in [-0.39, 0.29) is 0 Å². The maximum atomic E-state index is 5.33. The van der Waals surface area contributed by atoms with Crippen LogP contribution in [0.5, 0.6) is 0 Å². The minimum absolute atomic E-state index is 0.778. The average Bonchev–Trinajstić information content (AvgIpc) is 2.50. The van der Waals surface area contributed by atoms with E-state index in [0.717, 1.165) is 17.2 Å². The highest BCUT2D eigenvalue weighted by molar-refractivity contribution is 5.61. The van der Waals surface area contributed by atoms with Crippen LogP contribution >= 0.6 is 0 Å². The summed E-state index contributed by atoms with van der Waals surface area (Å²) < 4.78 is 5.33. The Hall–Kier alpha value is -1.31. The molecule has 0 bridgehead atoms. The molecule has 0 aliphatic carbocycles. The van der Waals surface area contributed by atoms with Crippen LogP contribution in [0, 0.1) is 6.92 Å². The number of hydrogen-bond donors (Lipinski definition) is 0. The highest BCUT2D eigenvalue weighted by atomic mass is 16.3. The van der Waals surface area contributed by atoms with Gasteiger partial charge in [-0.15, -0.1) is 0 Å². The summed E-state index contributed by atoms with van der Waals surface area (Å²) in [7, 11) is 0. The summed E-state index contributed by atoms with van der Waals surface area (Å²) >= 11 is 0. The molecule has 1 rings (SSSR count). The molecule has 2 nitrogen and oxygen atoms in total. The van der Waals surface area contributed by atoms with Crippen LogP contribution in [0.2, 0.25) is 0 Å². The zero-order valence-electron chi connectivity index (χ0n) is 8.79. The second-order valence-electron chi connectivity index (χ2n) is 2.26. The Kier molecular flexibility index (Phi) is 5.60.